The highest BCUT2D eigenvalue weighted by Crippen LogP contribution is 2.21. The largest absolute Gasteiger partial charge is 0.385 e. The van der Waals surface area contributed by atoms with Crippen molar-refractivity contribution in [2.24, 2.45) is 15.9 Å². The summed E-state index contributed by atoms with van der Waals surface area (Å²) in [7, 11) is 0. The average molecular weight is 380 g/mol. The molecule has 0 saturated carbocycles. The molecule has 0 spiro atoms. The Labute approximate surface area is 162 Å². The molecule has 0 saturated heterocycles. The van der Waals surface area contributed by atoms with Crippen LogP contribution in [-0.2, 0) is 16.0 Å². The lowest BCUT2D eigenvalue weighted by molar-refractivity contribution is -0.121. The highest BCUT2D eigenvalue weighted by atomic mass is 19.1. The molecule has 1 unspecified atom stereocenters. The summed E-state index contributed by atoms with van der Waals surface area (Å²) in [4.78, 5) is 34.4. The first kappa shape index (κ1) is 19.5. The number of fused-ring (bicyclic) bond motifs is 1. The first-order valence-corrected chi connectivity index (χ1v) is 9.13. The maximum atomic E-state index is 12.7. The second-order valence-corrected chi connectivity index (χ2v) is 6.53. The van der Waals surface area contributed by atoms with Crippen LogP contribution >= 0.6 is 0 Å². The minimum atomic E-state index is -0.514. The van der Waals surface area contributed by atoms with Crippen LogP contribution in [-0.4, -0.2) is 35.3 Å². The number of amides is 1. The van der Waals surface area contributed by atoms with Crippen molar-refractivity contribution in [1.82, 2.24) is 4.98 Å². The minimum absolute atomic E-state index is 0.132. The molecule has 0 bridgehead atoms. The monoisotopic (exact) mass is 380 g/mol. The number of amidine groups is 1. The molecule has 144 valence electrons. The predicted octanol–water partition coefficient (Wildman–Crippen LogP) is 3.22. The van der Waals surface area contributed by atoms with Gasteiger partial charge < -0.3 is 10.1 Å². The summed E-state index contributed by atoms with van der Waals surface area (Å²) in [6.07, 6.45) is 4.57. The van der Waals surface area contributed by atoms with Crippen molar-refractivity contribution in [3.8, 4) is 0 Å². The fourth-order valence-corrected chi connectivity index (χ4v) is 3.05. The predicted molar refractivity (Wildman–Crippen MR) is 106 cm³/mol. The molecule has 1 N–H and O–H groups in total. The molecule has 1 aromatic carbocycles. The number of aldehydes is 1. The molecule has 4 rings (SSSR count). The summed E-state index contributed by atoms with van der Waals surface area (Å²) in [6, 6.07) is 10.2. The number of aromatic nitrogens is 1. The smallest absolute Gasteiger partial charge is 0.256 e. The maximum absolute atomic E-state index is 12.7. The Morgan fingerprint density at radius 2 is 2.11 bits per heavy atom. The van der Waals surface area contributed by atoms with Gasteiger partial charge in [-0.2, -0.15) is 4.99 Å². The van der Waals surface area contributed by atoms with E-state index < -0.39 is 5.92 Å². The molecule has 6 nitrogen and oxygen atoms in total. The van der Waals surface area contributed by atoms with Gasteiger partial charge in [0.2, 0.25) is 0 Å². The number of rotatable bonds is 3. The highest BCUT2D eigenvalue weighted by Gasteiger charge is 2.26. The third-order valence-corrected chi connectivity index (χ3v) is 4.53. The first-order chi connectivity index (χ1) is 13.6. The quantitative estimate of drug-likeness (QED) is 0.829. The molecule has 0 fully saturated rings. The molecule has 1 amide bonds. The number of anilines is 1. The summed E-state index contributed by atoms with van der Waals surface area (Å²) in [5.74, 6) is -0.659. The Morgan fingerprint density at radius 3 is 2.82 bits per heavy atom. The number of pyridine rings is 1. The summed E-state index contributed by atoms with van der Waals surface area (Å²) in [6.45, 7) is 2.74. The van der Waals surface area contributed by atoms with Gasteiger partial charge in [0.25, 0.3) is 5.91 Å². The molecule has 2 aliphatic heterocycles. The van der Waals surface area contributed by atoms with Gasteiger partial charge in [-0.15, -0.1) is 0 Å². The zero-order valence-electron chi connectivity index (χ0n) is 15.6. The number of carbonyl (C=O) groups excluding carboxylic acids is 2. The van der Waals surface area contributed by atoms with E-state index in [0.29, 0.717) is 23.5 Å². The van der Waals surface area contributed by atoms with Crippen LogP contribution in [0.5, 0.6) is 0 Å². The van der Waals surface area contributed by atoms with Gasteiger partial charge in [0, 0.05) is 30.6 Å². The zero-order valence-corrected chi connectivity index (χ0v) is 15.6. The summed E-state index contributed by atoms with van der Waals surface area (Å²) in [5, 5.41) is 3.22. The van der Waals surface area contributed by atoms with Crippen LogP contribution in [0, 0.1) is 11.7 Å². The second-order valence-electron chi connectivity index (χ2n) is 6.53. The Bertz CT molecular complexity index is 925. The SMILES string of the molecule is CC1=NC(c2ccccn2)=NC(=O)C1CC=O.Fc1ccc2c(c1)CCCN2. The lowest BCUT2D eigenvalue weighted by atomic mass is 9.99. The van der Waals surface area contributed by atoms with Crippen LogP contribution in [0.4, 0.5) is 10.1 Å². The van der Waals surface area contributed by atoms with Crippen molar-refractivity contribution in [2.75, 3.05) is 11.9 Å². The van der Waals surface area contributed by atoms with E-state index in [1.54, 1.807) is 37.4 Å². The van der Waals surface area contributed by atoms with Gasteiger partial charge in [0.15, 0.2) is 5.84 Å². The lowest BCUT2D eigenvalue weighted by Gasteiger charge is -2.17. The summed E-state index contributed by atoms with van der Waals surface area (Å²) >= 11 is 0. The van der Waals surface area contributed by atoms with Crippen LogP contribution in [0.3, 0.4) is 0 Å². The van der Waals surface area contributed by atoms with Crippen molar-refractivity contribution in [2.45, 2.75) is 26.2 Å². The van der Waals surface area contributed by atoms with E-state index in [0.717, 1.165) is 30.6 Å². The number of hydrogen-bond acceptors (Lipinski definition) is 5. The van der Waals surface area contributed by atoms with E-state index >= 15 is 0 Å². The van der Waals surface area contributed by atoms with Crippen molar-refractivity contribution in [3.05, 3.63) is 59.7 Å². The molecule has 0 aliphatic carbocycles. The van der Waals surface area contributed by atoms with Gasteiger partial charge in [0.05, 0.1) is 5.92 Å². The third-order valence-electron chi connectivity index (χ3n) is 4.53. The number of nitrogens with one attached hydrogen (secondary N) is 1. The van der Waals surface area contributed by atoms with Gasteiger partial charge in [-0.25, -0.2) is 9.38 Å². The van der Waals surface area contributed by atoms with E-state index in [1.165, 1.54) is 6.07 Å². The van der Waals surface area contributed by atoms with Gasteiger partial charge in [-0.05, 0) is 55.7 Å². The van der Waals surface area contributed by atoms with Crippen molar-refractivity contribution < 1.29 is 14.0 Å². The van der Waals surface area contributed by atoms with Gasteiger partial charge >= 0.3 is 0 Å². The van der Waals surface area contributed by atoms with Crippen LogP contribution in [0.1, 0.15) is 31.0 Å². The van der Waals surface area contributed by atoms with Crippen LogP contribution in [0.15, 0.2) is 52.6 Å². The second kappa shape index (κ2) is 9.12. The van der Waals surface area contributed by atoms with E-state index in [4.69, 9.17) is 0 Å². The standard InChI is InChI=1S/C12H11N3O2.C9H10FN/c1-8-9(5-7-16)12(17)15-11(14-8)10-4-2-3-6-13-10;10-8-3-4-9-7(6-8)2-1-5-11-9/h2-4,6-7,9H,5H2,1H3;3-4,6,11H,1-2,5H2. The molecule has 28 heavy (non-hydrogen) atoms. The van der Waals surface area contributed by atoms with E-state index in [-0.39, 0.29) is 18.1 Å². The number of aliphatic imine (C=N–C) groups is 2. The molecule has 1 atom stereocenters. The molecule has 2 aliphatic rings. The summed E-state index contributed by atoms with van der Waals surface area (Å²) in [5.41, 5.74) is 3.37. The Morgan fingerprint density at radius 1 is 1.25 bits per heavy atom. The topological polar surface area (TPSA) is 83.8 Å². The third kappa shape index (κ3) is 4.73. The molecular weight excluding hydrogens is 359 g/mol. The number of aryl methyl sites for hydroxylation is 1. The Hall–Kier alpha value is -3.22. The van der Waals surface area contributed by atoms with Gasteiger partial charge in [-0.1, -0.05) is 6.07 Å². The molecule has 7 heteroatoms. The van der Waals surface area contributed by atoms with Crippen LogP contribution < -0.4 is 5.32 Å². The molecule has 1 aromatic heterocycles. The fraction of sp³-hybridized carbons (Fsp3) is 0.286. The van der Waals surface area contributed by atoms with E-state index in [9.17, 15) is 14.0 Å². The van der Waals surface area contributed by atoms with Crippen molar-refractivity contribution in [3.63, 3.8) is 0 Å². The Kier molecular flexibility index (Phi) is 6.37. The van der Waals surface area contributed by atoms with Gasteiger partial charge in [0.1, 0.15) is 17.8 Å². The van der Waals surface area contributed by atoms with E-state index in [1.807, 2.05) is 6.07 Å². The van der Waals surface area contributed by atoms with E-state index in [2.05, 4.69) is 20.3 Å². The maximum Gasteiger partial charge on any atom is 0.256 e. The number of benzene rings is 1. The van der Waals surface area contributed by atoms with Crippen molar-refractivity contribution in [1.29, 1.82) is 0 Å². The highest BCUT2D eigenvalue weighted by molar-refractivity contribution is 6.19. The number of halogens is 1. The summed E-state index contributed by atoms with van der Waals surface area (Å²) < 4.78 is 12.7. The fourth-order valence-electron chi connectivity index (χ4n) is 3.05. The Balaban J connectivity index is 0.000000176. The number of hydrogen-bond donors (Lipinski definition) is 1. The number of carbonyl (C=O) groups is 2. The molecule has 2 aromatic rings. The van der Waals surface area contributed by atoms with Crippen LogP contribution in [0.25, 0.3) is 0 Å². The first-order valence-electron chi connectivity index (χ1n) is 9.13. The molecule has 0 radical (unpaired) electrons. The number of nitrogens with zero attached hydrogens (tertiary/aromatic N) is 3. The van der Waals surface area contributed by atoms with Crippen molar-refractivity contribution >= 4 is 29.4 Å². The lowest BCUT2D eigenvalue weighted by Crippen LogP contribution is -2.27. The van der Waals surface area contributed by atoms with Crippen LogP contribution in [0.2, 0.25) is 0 Å². The molecular formula is C21H21FN4O2. The van der Waals surface area contributed by atoms with Gasteiger partial charge in [-0.3, -0.25) is 9.78 Å². The average Bonchev–Trinajstić information content (AvgIpc) is 2.71. The minimum Gasteiger partial charge on any atom is -0.385 e. The molecule has 3 heterocycles. The zero-order chi connectivity index (χ0) is 19.9. The normalized spacial score (nSPS) is 17.9.